The molecular weight excluding hydrogens is 270 g/mol. The highest BCUT2D eigenvalue weighted by molar-refractivity contribution is 6.32. The third-order valence-electron chi connectivity index (χ3n) is 3.32. The summed E-state index contributed by atoms with van der Waals surface area (Å²) in [4.78, 5) is 2.23. The first kappa shape index (κ1) is 13.0. The molecule has 1 fully saturated rings. The minimum atomic E-state index is -0.0989. The van der Waals surface area contributed by atoms with Crippen LogP contribution in [-0.2, 0) is 11.3 Å². The molecule has 1 aromatic rings. The molecular formula is C13H16ClNO4. The number of hydrogen-bond donors (Lipinski definition) is 1. The second-order valence-electron chi connectivity index (χ2n) is 4.72. The molecule has 0 spiro atoms. The number of aliphatic hydroxyl groups excluding tert-OH is 1. The van der Waals surface area contributed by atoms with Gasteiger partial charge in [0.15, 0.2) is 11.5 Å². The second kappa shape index (κ2) is 5.54. The summed E-state index contributed by atoms with van der Waals surface area (Å²) >= 11 is 6.16. The summed E-state index contributed by atoms with van der Waals surface area (Å²) in [6, 6.07) is 3.86. The number of ether oxygens (including phenoxy) is 3. The number of nitrogens with zero attached hydrogens (tertiary/aromatic N) is 1. The highest BCUT2D eigenvalue weighted by Crippen LogP contribution is 2.40. The van der Waals surface area contributed by atoms with Crippen LogP contribution in [0.4, 0.5) is 0 Å². The number of aliphatic hydroxyl groups is 1. The van der Waals surface area contributed by atoms with Gasteiger partial charge in [0.25, 0.3) is 0 Å². The highest BCUT2D eigenvalue weighted by atomic mass is 35.5. The predicted molar refractivity (Wildman–Crippen MR) is 69.7 cm³/mol. The first-order valence-corrected chi connectivity index (χ1v) is 6.67. The summed E-state index contributed by atoms with van der Waals surface area (Å²) < 4.78 is 16.1. The van der Waals surface area contributed by atoms with Crippen molar-refractivity contribution in [3.63, 3.8) is 0 Å². The third-order valence-corrected chi connectivity index (χ3v) is 3.60. The van der Waals surface area contributed by atoms with Gasteiger partial charge >= 0.3 is 0 Å². The molecule has 104 valence electrons. The van der Waals surface area contributed by atoms with E-state index >= 15 is 0 Å². The van der Waals surface area contributed by atoms with Crippen LogP contribution in [0.3, 0.4) is 0 Å². The maximum absolute atomic E-state index is 9.14. The Balaban J connectivity index is 1.71. The Morgan fingerprint density at radius 2 is 2.26 bits per heavy atom. The van der Waals surface area contributed by atoms with E-state index in [1.54, 1.807) is 0 Å². The van der Waals surface area contributed by atoms with Crippen LogP contribution < -0.4 is 9.47 Å². The summed E-state index contributed by atoms with van der Waals surface area (Å²) in [6.07, 6.45) is -0.0989. The van der Waals surface area contributed by atoms with E-state index in [9.17, 15) is 0 Å². The second-order valence-corrected chi connectivity index (χ2v) is 5.13. The van der Waals surface area contributed by atoms with E-state index in [2.05, 4.69) is 4.90 Å². The molecule has 2 aliphatic heterocycles. The fourth-order valence-corrected chi connectivity index (χ4v) is 2.69. The molecule has 1 aromatic carbocycles. The predicted octanol–water partition coefficient (Wildman–Crippen LogP) is 1.26. The van der Waals surface area contributed by atoms with E-state index in [1.165, 1.54) is 0 Å². The normalized spacial score (nSPS) is 22.7. The Morgan fingerprint density at radius 3 is 3.11 bits per heavy atom. The number of fused-ring (bicyclic) bond motifs is 1. The van der Waals surface area contributed by atoms with Crippen molar-refractivity contribution in [2.45, 2.75) is 12.6 Å². The first-order chi connectivity index (χ1) is 9.26. The highest BCUT2D eigenvalue weighted by Gasteiger charge is 2.22. The van der Waals surface area contributed by atoms with Crippen LogP contribution in [0.5, 0.6) is 11.5 Å². The van der Waals surface area contributed by atoms with E-state index in [1.807, 2.05) is 12.1 Å². The lowest BCUT2D eigenvalue weighted by atomic mass is 10.1. The van der Waals surface area contributed by atoms with Crippen molar-refractivity contribution in [3.05, 3.63) is 22.7 Å². The molecule has 1 N–H and O–H groups in total. The minimum Gasteiger partial charge on any atom is -0.454 e. The van der Waals surface area contributed by atoms with Crippen LogP contribution in [0.25, 0.3) is 0 Å². The SMILES string of the molecule is OCC1CN(Cc2cc(Cl)c3c(c2)OCO3)CCO1. The molecule has 3 rings (SSSR count). The zero-order valence-corrected chi connectivity index (χ0v) is 11.2. The van der Waals surface area contributed by atoms with Gasteiger partial charge in [-0.1, -0.05) is 11.6 Å². The van der Waals surface area contributed by atoms with Crippen LogP contribution in [-0.4, -0.2) is 49.2 Å². The standard InChI is InChI=1S/C13H16ClNO4/c14-11-3-9(4-12-13(11)19-8-18-12)5-15-1-2-17-10(6-15)7-16/h3-4,10,16H,1-2,5-8H2. The van der Waals surface area contributed by atoms with Crippen molar-refractivity contribution in [3.8, 4) is 11.5 Å². The average molecular weight is 286 g/mol. The van der Waals surface area contributed by atoms with Crippen LogP contribution in [0.15, 0.2) is 12.1 Å². The molecule has 1 atom stereocenters. The van der Waals surface area contributed by atoms with Crippen LogP contribution in [0.1, 0.15) is 5.56 Å². The molecule has 1 saturated heterocycles. The Labute approximate surface area is 116 Å². The molecule has 0 aromatic heterocycles. The zero-order chi connectivity index (χ0) is 13.2. The lowest BCUT2D eigenvalue weighted by Gasteiger charge is -2.32. The van der Waals surface area contributed by atoms with Gasteiger partial charge in [0, 0.05) is 19.6 Å². The van der Waals surface area contributed by atoms with Gasteiger partial charge in [-0.3, -0.25) is 4.90 Å². The summed E-state index contributed by atoms with van der Waals surface area (Å²) in [7, 11) is 0. The monoisotopic (exact) mass is 285 g/mol. The van der Waals surface area contributed by atoms with Crippen LogP contribution >= 0.6 is 11.6 Å². The molecule has 1 unspecified atom stereocenters. The van der Waals surface area contributed by atoms with Gasteiger partial charge in [-0.25, -0.2) is 0 Å². The van der Waals surface area contributed by atoms with E-state index in [4.69, 9.17) is 30.9 Å². The molecule has 2 aliphatic rings. The van der Waals surface area contributed by atoms with Crippen molar-refractivity contribution in [1.29, 1.82) is 0 Å². The van der Waals surface area contributed by atoms with Gasteiger partial charge in [0.1, 0.15) is 0 Å². The lowest BCUT2D eigenvalue weighted by Crippen LogP contribution is -2.43. The molecule has 6 heteroatoms. The van der Waals surface area contributed by atoms with Crippen molar-refractivity contribution in [2.75, 3.05) is 33.1 Å². The molecule has 0 amide bonds. The molecule has 19 heavy (non-hydrogen) atoms. The summed E-state index contributed by atoms with van der Waals surface area (Å²) in [5, 5.41) is 9.72. The Morgan fingerprint density at radius 1 is 1.37 bits per heavy atom. The fourth-order valence-electron chi connectivity index (χ4n) is 2.40. The summed E-state index contributed by atoms with van der Waals surface area (Å²) in [6.45, 7) is 3.26. The van der Waals surface area contributed by atoms with Gasteiger partial charge in [-0.15, -0.1) is 0 Å². The Bertz CT molecular complexity index is 468. The van der Waals surface area contributed by atoms with Crippen molar-refractivity contribution in [2.24, 2.45) is 0 Å². The maximum Gasteiger partial charge on any atom is 0.231 e. The Kier molecular flexibility index (Phi) is 3.79. The smallest absolute Gasteiger partial charge is 0.231 e. The minimum absolute atomic E-state index is 0.0540. The van der Waals surface area contributed by atoms with Gasteiger partial charge in [-0.05, 0) is 17.7 Å². The third kappa shape index (κ3) is 2.79. The quantitative estimate of drug-likeness (QED) is 0.906. The number of morpholine rings is 1. The van der Waals surface area contributed by atoms with Gasteiger partial charge in [-0.2, -0.15) is 0 Å². The van der Waals surface area contributed by atoms with E-state index < -0.39 is 0 Å². The molecule has 2 heterocycles. The van der Waals surface area contributed by atoms with Gasteiger partial charge < -0.3 is 19.3 Å². The number of rotatable bonds is 3. The molecule has 0 saturated carbocycles. The van der Waals surface area contributed by atoms with Crippen LogP contribution in [0, 0.1) is 0 Å². The zero-order valence-electron chi connectivity index (χ0n) is 10.5. The largest absolute Gasteiger partial charge is 0.454 e. The number of hydrogen-bond acceptors (Lipinski definition) is 5. The van der Waals surface area contributed by atoms with Crippen molar-refractivity contribution >= 4 is 11.6 Å². The summed E-state index contributed by atoms with van der Waals surface area (Å²) in [5.74, 6) is 1.33. The van der Waals surface area contributed by atoms with Crippen molar-refractivity contribution in [1.82, 2.24) is 4.90 Å². The molecule has 0 radical (unpaired) electrons. The molecule has 0 bridgehead atoms. The van der Waals surface area contributed by atoms with Crippen LogP contribution in [0.2, 0.25) is 5.02 Å². The van der Waals surface area contributed by atoms with E-state index in [0.29, 0.717) is 23.1 Å². The summed E-state index contributed by atoms with van der Waals surface area (Å²) in [5.41, 5.74) is 1.08. The average Bonchev–Trinajstić information content (AvgIpc) is 2.88. The first-order valence-electron chi connectivity index (χ1n) is 6.29. The van der Waals surface area contributed by atoms with E-state index in [-0.39, 0.29) is 19.5 Å². The fraction of sp³-hybridized carbons (Fsp3) is 0.538. The molecule has 5 nitrogen and oxygen atoms in total. The van der Waals surface area contributed by atoms with Crippen molar-refractivity contribution < 1.29 is 19.3 Å². The number of benzene rings is 1. The number of halogens is 1. The lowest BCUT2D eigenvalue weighted by molar-refractivity contribution is -0.0551. The van der Waals surface area contributed by atoms with E-state index in [0.717, 1.165) is 25.2 Å². The van der Waals surface area contributed by atoms with Gasteiger partial charge in [0.2, 0.25) is 6.79 Å². The molecule has 0 aliphatic carbocycles. The Hall–Kier alpha value is -1.01. The topological polar surface area (TPSA) is 51.2 Å². The van der Waals surface area contributed by atoms with Gasteiger partial charge in [0.05, 0.1) is 24.3 Å². The maximum atomic E-state index is 9.14.